The molecule has 0 aliphatic rings. The van der Waals surface area contributed by atoms with Gasteiger partial charge in [-0.1, -0.05) is 11.6 Å². The second-order valence-electron chi connectivity index (χ2n) is 4.05. The van der Waals surface area contributed by atoms with Gasteiger partial charge in [0.2, 0.25) is 0 Å². The first-order valence-corrected chi connectivity index (χ1v) is 5.90. The summed E-state index contributed by atoms with van der Waals surface area (Å²) in [5, 5.41) is 0.622. The van der Waals surface area contributed by atoms with E-state index in [2.05, 4.69) is 9.97 Å². The Balaban J connectivity index is 2.37. The number of nitrogens with zero attached hydrogens (tertiary/aromatic N) is 3. The van der Waals surface area contributed by atoms with E-state index < -0.39 is 0 Å². The van der Waals surface area contributed by atoms with Gasteiger partial charge in [0.15, 0.2) is 5.65 Å². The van der Waals surface area contributed by atoms with Gasteiger partial charge in [0.25, 0.3) is 0 Å². The summed E-state index contributed by atoms with van der Waals surface area (Å²) >= 11 is 6.23. The number of benzene rings is 1. The Morgan fingerprint density at radius 3 is 2.94 bits per heavy atom. The van der Waals surface area contributed by atoms with Gasteiger partial charge < -0.3 is 5.73 Å². The van der Waals surface area contributed by atoms with Crippen molar-refractivity contribution < 1.29 is 0 Å². The van der Waals surface area contributed by atoms with Crippen molar-refractivity contribution in [1.29, 1.82) is 0 Å². The number of nitrogens with two attached hydrogens (primary N) is 1. The summed E-state index contributed by atoms with van der Waals surface area (Å²) in [5.74, 6) is 0.830. The van der Waals surface area contributed by atoms with Crippen molar-refractivity contribution in [3.63, 3.8) is 0 Å². The average molecular weight is 259 g/mol. The number of hydrogen-bond donors (Lipinski definition) is 1. The molecule has 18 heavy (non-hydrogen) atoms. The van der Waals surface area contributed by atoms with Gasteiger partial charge in [-0.05, 0) is 37.3 Å². The van der Waals surface area contributed by atoms with Crippen molar-refractivity contribution in [2.75, 3.05) is 5.73 Å². The molecule has 0 amide bonds. The van der Waals surface area contributed by atoms with Crippen molar-refractivity contribution in [1.82, 2.24) is 14.5 Å². The molecule has 5 heteroatoms. The lowest BCUT2D eigenvalue weighted by Gasteiger charge is -2.09. The second kappa shape index (κ2) is 3.99. The van der Waals surface area contributed by atoms with E-state index in [9.17, 15) is 0 Å². The molecule has 0 saturated heterocycles. The van der Waals surface area contributed by atoms with Crippen LogP contribution >= 0.6 is 11.6 Å². The quantitative estimate of drug-likeness (QED) is 0.683. The predicted octanol–water partition coefficient (Wildman–Crippen LogP) is 2.96. The summed E-state index contributed by atoms with van der Waals surface area (Å²) in [6.45, 7) is 1.92. The fourth-order valence-corrected chi connectivity index (χ4v) is 2.22. The molecular formula is C13H11ClN4. The van der Waals surface area contributed by atoms with Crippen LogP contribution in [-0.4, -0.2) is 14.5 Å². The zero-order chi connectivity index (χ0) is 12.7. The van der Waals surface area contributed by atoms with E-state index in [1.165, 1.54) is 0 Å². The van der Waals surface area contributed by atoms with E-state index in [0.29, 0.717) is 10.7 Å². The Bertz CT molecular complexity index is 733. The summed E-state index contributed by atoms with van der Waals surface area (Å²) in [5.41, 5.74) is 8.90. The molecule has 2 aromatic heterocycles. The smallest absolute Gasteiger partial charge is 0.164 e. The van der Waals surface area contributed by atoms with Crippen molar-refractivity contribution in [2.45, 2.75) is 6.92 Å². The first-order valence-electron chi connectivity index (χ1n) is 5.52. The number of pyridine rings is 1. The Labute approximate surface area is 109 Å². The fourth-order valence-electron chi connectivity index (χ4n) is 2.02. The number of anilines is 1. The van der Waals surface area contributed by atoms with E-state index in [-0.39, 0.29) is 0 Å². The van der Waals surface area contributed by atoms with Crippen LogP contribution in [0.25, 0.3) is 16.9 Å². The van der Waals surface area contributed by atoms with E-state index in [1.54, 1.807) is 18.3 Å². The Morgan fingerprint density at radius 2 is 2.11 bits per heavy atom. The van der Waals surface area contributed by atoms with Crippen LogP contribution in [0.15, 0.2) is 36.5 Å². The predicted molar refractivity (Wildman–Crippen MR) is 73.0 cm³/mol. The lowest BCUT2D eigenvalue weighted by atomic mass is 10.2. The Kier molecular flexibility index (Phi) is 2.45. The van der Waals surface area contributed by atoms with Gasteiger partial charge in [0.1, 0.15) is 11.3 Å². The van der Waals surface area contributed by atoms with E-state index in [1.807, 2.05) is 29.7 Å². The zero-order valence-corrected chi connectivity index (χ0v) is 10.5. The molecule has 4 nitrogen and oxygen atoms in total. The molecule has 0 saturated carbocycles. The van der Waals surface area contributed by atoms with E-state index in [0.717, 1.165) is 22.7 Å². The maximum absolute atomic E-state index is 6.23. The van der Waals surface area contributed by atoms with Crippen molar-refractivity contribution >= 4 is 28.5 Å². The van der Waals surface area contributed by atoms with Crippen molar-refractivity contribution in [3.8, 4) is 5.69 Å². The molecule has 0 fully saturated rings. The van der Waals surface area contributed by atoms with Gasteiger partial charge in [-0.25, -0.2) is 9.97 Å². The van der Waals surface area contributed by atoms with Crippen LogP contribution < -0.4 is 5.73 Å². The zero-order valence-electron chi connectivity index (χ0n) is 9.76. The number of halogens is 1. The highest BCUT2D eigenvalue weighted by Gasteiger charge is 2.12. The summed E-state index contributed by atoms with van der Waals surface area (Å²) in [4.78, 5) is 8.81. The number of aromatic nitrogens is 3. The molecule has 2 heterocycles. The minimum Gasteiger partial charge on any atom is -0.399 e. The topological polar surface area (TPSA) is 56.7 Å². The SMILES string of the molecule is Cc1nc2cccnc2n1-c1cc(N)ccc1Cl. The largest absolute Gasteiger partial charge is 0.399 e. The van der Waals surface area contributed by atoms with Gasteiger partial charge in [-0.15, -0.1) is 0 Å². The van der Waals surface area contributed by atoms with Crippen LogP contribution in [0.1, 0.15) is 5.82 Å². The third-order valence-corrected chi connectivity index (χ3v) is 3.11. The third-order valence-electron chi connectivity index (χ3n) is 2.79. The van der Waals surface area contributed by atoms with Crippen LogP contribution in [-0.2, 0) is 0 Å². The molecule has 0 spiro atoms. The molecule has 0 unspecified atom stereocenters. The molecule has 0 aliphatic heterocycles. The van der Waals surface area contributed by atoms with Gasteiger partial charge in [0, 0.05) is 11.9 Å². The fraction of sp³-hybridized carbons (Fsp3) is 0.0769. The molecular weight excluding hydrogens is 248 g/mol. The maximum atomic E-state index is 6.23. The van der Waals surface area contributed by atoms with Gasteiger partial charge in [-0.3, -0.25) is 4.57 Å². The molecule has 90 valence electrons. The minimum absolute atomic E-state index is 0.622. The molecule has 0 radical (unpaired) electrons. The molecule has 3 rings (SSSR count). The first-order chi connectivity index (χ1) is 8.66. The number of imidazole rings is 1. The number of rotatable bonds is 1. The van der Waals surface area contributed by atoms with E-state index >= 15 is 0 Å². The van der Waals surface area contributed by atoms with Crippen LogP contribution in [0.3, 0.4) is 0 Å². The first kappa shape index (κ1) is 11.0. The maximum Gasteiger partial charge on any atom is 0.164 e. The lowest BCUT2D eigenvalue weighted by molar-refractivity contribution is 0.988. The van der Waals surface area contributed by atoms with Crippen LogP contribution in [0.5, 0.6) is 0 Å². The van der Waals surface area contributed by atoms with Crippen LogP contribution in [0.4, 0.5) is 5.69 Å². The average Bonchev–Trinajstić information content (AvgIpc) is 2.68. The standard InChI is InChI=1S/C13H11ClN4/c1-8-17-11-3-2-6-16-13(11)18(8)12-7-9(15)4-5-10(12)14/h2-7H,15H2,1H3. The molecule has 2 N–H and O–H groups in total. The summed E-state index contributed by atoms with van der Waals surface area (Å²) in [6, 6.07) is 9.16. The summed E-state index contributed by atoms with van der Waals surface area (Å²) in [7, 11) is 0. The second-order valence-corrected chi connectivity index (χ2v) is 4.46. The van der Waals surface area contributed by atoms with Crippen molar-refractivity contribution in [2.24, 2.45) is 0 Å². The number of nitrogen functional groups attached to an aromatic ring is 1. The highest BCUT2D eigenvalue weighted by Crippen LogP contribution is 2.27. The Hall–Kier alpha value is -2.07. The lowest BCUT2D eigenvalue weighted by Crippen LogP contribution is -2.00. The van der Waals surface area contributed by atoms with Crippen molar-refractivity contribution in [3.05, 3.63) is 47.4 Å². The molecule has 0 aliphatic carbocycles. The van der Waals surface area contributed by atoms with Gasteiger partial charge in [0.05, 0.1) is 10.7 Å². The molecule has 0 bridgehead atoms. The highest BCUT2D eigenvalue weighted by atomic mass is 35.5. The molecule has 3 aromatic rings. The van der Waals surface area contributed by atoms with Crippen LogP contribution in [0, 0.1) is 6.92 Å². The molecule has 1 aromatic carbocycles. The third kappa shape index (κ3) is 1.62. The minimum atomic E-state index is 0.622. The number of fused-ring (bicyclic) bond motifs is 1. The Morgan fingerprint density at radius 1 is 1.28 bits per heavy atom. The molecule has 0 atom stereocenters. The normalized spacial score (nSPS) is 11.0. The number of aryl methyl sites for hydroxylation is 1. The summed E-state index contributed by atoms with van der Waals surface area (Å²) < 4.78 is 1.91. The van der Waals surface area contributed by atoms with E-state index in [4.69, 9.17) is 17.3 Å². The van der Waals surface area contributed by atoms with Gasteiger partial charge in [-0.2, -0.15) is 0 Å². The van der Waals surface area contributed by atoms with Crippen LogP contribution in [0.2, 0.25) is 5.02 Å². The monoisotopic (exact) mass is 258 g/mol. The van der Waals surface area contributed by atoms with Gasteiger partial charge >= 0.3 is 0 Å². The highest BCUT2D eigenvalue weighted by molar-refractivity contribution is 6.32. The summed E-state index contributed by atoms with van der Waals surface area (Å²) in [6.07, 6.45) is 1.74. The number of hydrogen-bond acceptors (Lipinski definition) is 3.